The molecule has 8 nitrogen and oxygen atoms in total. The molecule has 0 bridgehead atoms. The van der Waals surface area contributed by atoms with Crippen LogP contribution in [0.2, 0.25) is 0 Å². The van der Waals surface area contributed by atoms with Gasteiger partial charge in [-0.3, -0.25) is 4.79 Å². The minimum absolute atomic E-state index is 0.00319. The molecule has 0 radical (unpaired) electrons. The van der Waals surface area contributed by atoms with Gasteiger partial charge in [0, 0.05) is 23.4 Å². The summed E-state index contributed by atoms with van der Waals surface area (Å²) in [7, 11) is 0. The van der Waals surface area contributed by atoms with Crippen molar-refractivity contribution in [2.24, 2.45) is 0 Å². The molecule has 4 aromatic rings. The van der Waals surface area contributed by atoms with Crippen LogP contribution in [0.5, 0.6) is 5.75 Å². The van der Waals surface area contributed by atoms with Crippen LogP contribution in [-0.2, 0) is 6.42 Å². The number of hydrogen-bond acceptors (Lipinski definition) is 6. The lowest BCUT2D eigenvalue weighted by Gasteiger charge is -2.25. The number of nitrogen functional groups attached to an aromatic ring is 1. The number of ether oxygens (including phenoxy) is 1. The number of aromatic amines is 1. The Morgan fingerprint density at radius 2 is 1.94 bits per heavy atom. The van der Waals surface area contributed by atoms with Crippen molar-refractivity contribution >= 4 is 22.9 Å². The highest BCUT2D eigenvalue weighted by molar-refractivity contribution is 5.94. The standard InChI is InChI=1S/C27H28N6O2/c28-27-29-11-10-21(33-27)16-6-8-22-23(14-16)32-25(31-22)19-13-18-12-17(7-9-24(18)35-15-19)26(34)30-20-4-2-1-3-5-20/h6-12,14,19-20H,1-5,13,15H2,(H,30,34)(H,31,32)(H2,28,29,33). The SMILES string of the molecule is Nc1nccc(-c2ccc3nc(C4COc5ccc(C(=O)NC6CCCCC6)cc5C4)[nH]c3c2)n1. The zero-order chi connectivity index (χ0) is 23.8. The minimum Gasteiger partial charge on any atom is -0.493 e. The van der Waals surface area contributed by atoms with E-state index in [1.807, 2.05) is 42.5 Å². The molecule has 1 unspecified atom stereocenters. The molecule has 1 aliphatic heterocycles. The Bertz CT molecular complexity index is 1390. The molecule has 178 valence electrons. The van der Waals surface area contributed by atoms with Gasteiger partial charge in [-0.1, -0.05) is 25.3 Å². The van der Waals surface area contributed by atoms with Crippen molar-refractivity contribution in [2.45, 2.75) is 50.5 Å². The van der Waals surface area contributed by atoms with E-state index in [9.17, 15) is 4.79 Å². The zero-order valence-electron chi connectivity index (χ0n) is 19.5. The highest BCUT2D eigenvalue weighted by Crippen LogP contribution is 2.33. The molecule has 1 saturated carbocycles. The zero-order valence-corrected chi connectivity index (χ0v) is 19.5. The molecule has 1 fully saturated rings. The van der Waals surface area contributed by atoms with E-state index < -0.39 is 0 Å². The third-order valence-electron chi connectivity index (χ3n) is 7.03. The van der Waals surface area contributed by atoms with Crippen molar-refractivity contribution in [2.75, 3.05) is 12.3 Å². The van der Waals surface area contributed by atoms with E-state index in [1.165, 1.54) is 19.3 Å². The number of fused-ring (bicyclic) bond motifs is 2. The number of carbonyl (C=O) groups excluding carboxylic acids is 1. The molecule has 8 heteroatoms. The summed E-state index contributed by atoms with van der Waals surface area (Å²) < 4.78 is 6.05. The number of benzene rings is 2. The lowest BCUT2D eigenvalue weighted by Crippen LogP contribution is -2.36. The second kappa shape index (κ2) is 9.02. The van der Waals surface area contributed by atoms with E-state index in [1.54, 1.807) is 6.20 Å². The highest BCUT2D eigenvalue weighted by Gasteiger charge is 2.26. The average molecular weight is 469 g/mol. The lowest BCUT2D eigenvalue weighted by atomic mass is 9.93. The maximum atomic E-state index is 12.9. The van der Waals surface area contributed by atoms with E-state index in [-0.39, 0.29) is 23.8 Å². The van der Waals surface area contributed by atoms with Crippen molar-refractivity contribution in [1.29, 1.82) is 0 Å². The molecule has 1 atom stereocenters. The first-order chi connectivity index (χ1) is 17.1. The summed E-state index contributed by atoms with van der Waals surface area (Å²) in [6, 6.07) is 13.9. The molecular weight excluding hydrogens is 440 g/mol. The van der Waals surface area contributed by atoms with E-state index in [4.69, 9.17) is 15.5 Å². The van der Waals surface area contributed by atoms with Crippen LogP contribution in [-0.4, -0.2) is 38.5 Å². The van der Waals surface area contributed by atoms with Crippen LogP contribution in [0.1, 0.15) is 59.8 Å². The predicted molar refractivity (Wildman–Crippen MR) is 134 cm³/mol. The smallest absolute Gasteiger partial charge is 0.251 e. The second-order valence-electron chi connectivity index (χ2n) is 9.50. The number of anilines is 1. The summed E-state index contributed by atoms with van der Waals surface area (Å²) in [5, 5.41) is 3.21. The Morgan fingerprint density at radius 3 is 2.80 bits per heavy atom. The first kappa shape index (κ1) is 21.6. The van der Waals surface area contributed by atoms with Crippen LogP contribution >= 0.6 is 0 Å². The normalized spacial score (nSPS) is 18.1. The van der Waals surface area contributed by atoms with Gasteiger partial charge in [0.1, 0.15) is 11.6 Å². The van der Waals surface area contributed by atoms with Gasteiger partial charge >= 0.3 is 0 Å². The second-order valence-corrected chi connectivity index (χ2v) is 9.50. The first-order valence-corrected chi connectivity index (χ1v) is 12.3. The Kier molecular flexibility index (Phi) is 5.56. The number of nitrogens with zero attached hydrogens (tertiary/aromatic N) is 3. The fraction of sp³-hybridized carbons (Fsp3) is 0.333. The largest absolute Gasteiger partial charge is 0.493 e. The van der Waals surface area contributed by atoms with Crippen molar-refractivity contribution in [3.8, 4) is 17.0 Å². The van der Waals surface area contributed by atoms with Crippen LogP contribution < -0.4 is 15.8 Å². The van der Waals surface area contributed by atoms with Gasteiger partial charge in [-0.15, -0.1) is 0 Å². The van der Waals surface area contributed by atoms with Gasteiger partial charge in [0.25, 0.3) is 5.91 Å². The van der Waals surface area contributed by atoms with Crippen molar-refractivity contribution in [1.82, 2.24) is 25.3 Å². The van der Waals surface area contributed by atoms with Gasteiger partial charge in [-0.05, 0) is 61.2 Å². The Morgan fingerprint density at radius 1 is 1.06 bits per heavy atom. The average Bonchev–Trinajstić information content (AvgIpc) is 3.32. The molecule has 1 aliphatic carbocycles. The van der Waals surface area contributed by atoms with E-state index in [0.717, 1.165) is 58.7 Å². The number of rotatable bonds is 4. The van der Waals surface area contributed by atoms with Crippen LogP contribution in [0.4, 0.5) is 5.95 Å². The number of H-pyrrole nitrogens is 1. The summed E-state index contributed by atoms with van der Waals surface area (Å²) in [6.45, 7) is 0.537. The van der Waals surface area contributed by atoms with Gasteiger partial charge in [0.15, 0.2) is 0 Å². The molecule has 4 N–H and O–H groups in total. The topological polar surface area (TPSA) is 119 Å². The number of imidazole rings is 1. The lowest BCUT2D eigenvalue weighted by molar-refractivity contribution is 0.0927. The quantitative estimate of drug-likeness (QED) is 0.409. The molecule has 0 saturated heterocycles. The molecular formula is C27H28N6O2. The third kappa shape index (κ3) is 4.43. The van der Waals surface area contributed by atoms with E-state index in [2.05, 4.69) is 20.3 Å². The van der Waals surface area contributed by atoms with Crippen LogP contribution in [0.15, 0.2) is 48.7 Å². The van der Waals surface area contributed by atoms with Crippen LogP contribution in [0, 0.1) is 0 Å². The number of nitrogens with one attached hydrogen (secondary N) is 2. The maximum Gasteiger partial charge on any atom is 0.251 e. The van der Waals surface area contributed by atoms with E-state index >= 15 is 0 Å². The van der Waals surface area contributed by atoms with Gasteiger partial charge in [0.2, 0.25) is 5.95 Å². The molecule has 2 aliphatic rings. The first-order valence-electron chi connectivity index (χ1n) is 12.3. The fourth-order valence-corrected chi connectivity index (χ4v) is 5.14. The van der Waals surface area contributed by atoms with Gasteiger partial charge < -0.3 is 20.8 Å². The fourth-order valence-electron chi connectivity index (χ4n) is 5.14. The summed E-state index contributed by atoms with van der Waals surface area (Å²) in [4.78, 5) is 29.4. The highest BCUT2D eigenvalue weighted by atomic mass is 16.5. The molecule has 6 rings (SSSR count). The molecule has 35 heavy (non-hydrogen) atoms. The van der Waals surface area contributed by atoms with Gasteiger partial charge in [-0.25, -0.2) is 15.0 Å². The maximum absolute atomic E-state index is 12.9. The van der Waals surface area contributed by atoms with Gasteiger partial charge in [0.05, 0.1) is 29.3 Å². The number of hydrogen-bond donors (Lipinski definition) is 3. The predicted octanol–water partition coefficient (Wildman–Crippen LogP) is 4.38. The molecule has 2 aromatic heterocycles. The Labute approximate surface area is 203 Å². The molecule has 1 amide bonds. The monoisotopic (exact) mass is 468 g/mol. The van der Waals surface area contributed by atoms with Gasteiger partial charge in [-0.2, -0.15) is 0 Å². The summed E-state index contributed by atoms with van der Waals surface area (Å²) in [5.41, 5.74) is 11.0. The summed E-state index contributed by atoms with van der Waals surface area (Å²) in [6.07, 6.45) is 8.20. The number of amides is 1. The van der Waals surface area contributed by atoms with Crippen molar-refractivity contribution < 1.29 is 9.53 Å². The van der Waals surface area contributed by atoms with Crippen LogP contribution in [0.25, 0.3) is 22.3 Å². The minimum atomic E-state index is 0.00319. The van der Waals surface area contributed by atoms with Crippen LogP contribution in [0.3, 0.4) is 0 Å². The molecule has 2 aromatic carbocycles. The molecule has 0 spiro atoms. The summed E-state index contributed by atoms with van der Waals surface area (Å²) >= 11 is 0. The number of nitrogens with two attached hydrogens (primary N) is 1. The Hall–Kier alpha value is -3.94. The van der Waals surface area contributed by atoms with Crippen molar-refractivity contribution in [3.63, 3.8) is 0 Å². The number of aromatic nitrogens is 4. The third-order valence-corrected chi connectivity index (χ3v) is 7.03. The number of carbonyl (C=O) groups is 1. The Balaban J connectivity index is 1.21. The summed E-state index contributed by atoms with van der Waals surface area (Å²) in [5.74, 6) is 2.04. The molecule has 3 heterocycles. The van der Waals surface area contributed by atoms with E-state index in [0.29, 0.717) is 12.2 Å². The van der Waals surface area contributed by atoms with Crippen molar-refractivity contribution in [3.05, 3.63) is 65.6 Å².